The highest BCUT2D eigenvalue weighted by atomic mass is 16.4. The normalized spacial score (nSPS) is 10.4. The van der Waals surface area contributed by atoms with E-state index in [1.807, 2.05) is 0 Å². The molecular weight excluding hydrogens is 222 g/mol. The number of H-pyrrole nitrogens is 1. The summed E-state index contributed by atoms with van der Waals surface area (Å²) in [6, 6.07) is 5.54. The topological polar surface area (TPSA) is 87.2 Å². The third-order valence-corrected chi connectivity index (χ3v) is 2.47. The molecule has 0 atom stereocenters. The fourth-order valence-corrected chi connectivity index (χ4v) is 1.58. The number of carboxylic acid groups (broad SMARTS) is 1. The van der Waals surface area contributed by atoms with Crippen molar-refractivity contribution >= 4 is 22.7 Å². The maximum Gasteiger partial charge on any atom is 0.352 e. The molecule has 0 aliphatic rings. The number of carbonyl (C=O) groups is 2. The number of Topliss-reactive ketones (excluding diaryl/α,β-unsaturated/α-hetero) is 1. The summed E-state index contributed by atoms with van der Waals surface area (Å²) < 4.78 is 0. The van der Waals surface area contributed by atoms with Crippen LogP contribution in [0, 0.1) is 0 Å². The molecule has 0 unspecified atom stereocenters. The quantitative estimate of drug-likeness (QED) is 0.765. The Morgan fingerprint density at radius 2 is 1.94 bits per heavy atom. The van der Waals surface area contributed by atoms with E-state index in [-0.39, 0.29) is 11.5 Å². The second kappa shape index (κ2) is 3.86. The van der Waals surface area contributed by atoms with Crippen molar-refractivity contribution in [2.24, 2.45) is 0 Å². The van der Waals surface area contributed by atoms with Crippen LogP contribution in [0.3, 0.4) is 0 Å². The molecule has 0 saturated carbocycles. The average Bonchev–Trinajstić information content (AvgIpc) is 2.28. The van der Waals surface area contributed by atoms with E-state index in [9.17, 15) is 14.4 Å². The standard InChI is InChI=1S/C12H9NO4/c1-6(14)7-2-3-9-8(4-7)11(15)5-10(13-9)12(16)17/h2-5H,1H3,(H,13,15)(H,16,17). The van der Waals surface area contributed by atoms with E-state index in [4.69, 9.17) is 5.11 Å². The van der Waals surface area contributed by atoms with E-state index in [2.05, 4.69) is 4.98 Å². The summed E-state index contributed by atoms with van der Waals surface area (Å²) in [5.41, 5.74) is 0.239. The Balaban J connectivity index is 2.77. The SMILES string of the molecule is CC(=O)c1ccc2[nH]c(C(=O)O)cc(=O)c2c1. The van der Waals surface area contributed by atoms with Crippen molar-refractivity contribution in [1.82, 2.24) is 4.98 Å². The van der Waals surface area contributed by atoms with Crippen LogP contribution in [-0.2, 0) is 0 Å². The van der Waals surface area contributed by atoms with Gasteiger partial charge in [0.1, 0.15) is 5.69 Å². The van der Waals surface area contributed by atoms with Gasteiger partial charge in [0.25, 0.3) is 0 Å². The Kier molecular flexibility index (Phi) is 2.51. The number of aromatic nitrogens is 1. The lowest BCUT2D eigenvalue weighted by atomic mass is 10.1. The molecule has 0 aliphatic carbocycles. The molecule has 0 bridgehead atoms. The van der Waals surface area contributed by atoms with Crippen molar-refractivity contribution in [2.75, 3.05) is 0 Å². The molecule has 17 heavy (non-hydrogen) atoms. The van der Waals surface area contributed by atoms with Gasteiger partial charge in [0.05, 0.1) is 0 Å². The highest BCUT2D eigenvalue weighted by Crippen LogP contribution is 2.11. The van der Waals surface area contributed by atoms with Crippen molar-refractivity contribution in [3.8, 4) is 0 Å². The molecule has 0 fully saturated rings. The number of pyridine rings is 1. The van der Waals surface area contributed by atoms with Crippen LogP contribution in [0.5, 0.6) is 0 Å². The van der Waals surface area contributed by atoms with Gasteiger partial charge in [-0.05, 0) is 25.1 Å². The number of aromatic carboxylic acids is 1. The first kappa shape index (κ1) is 11.1. The summed E-state index contributed by atoms with van der Waals surface area (Å²) in [6.07, 6.45) is 0. The number of aromatic amines is 1. The molecule has 86 valence electrons. The summed E-state index contributed by atoms with van der Waals surface area (Å²) in [6.45, 7) is 1.40. The lowest BCUT2D eigenvalue weighted by Crippen LogP contribution is -2.10. The van der Waals surface area contributed by atoms with Gasteiger partial charge >= 0.3 is 5.97 Å². The molecule has 5 nitrogen and oxygen atoms in total. The predicted octanol–water partition coefficient (Wildman–Crippen LogP) is 1.43. The number of hydrogen-bond donors (Lipinski definition) is 2. The van der Waals surface area contributed by atoms with Crippen LogP contribution in [0.25, 0.3) is 10.9 Å². The third-order valence-electron chi connectivity index (χ3n) is 2.47. The number of carbonyl (C=O) groups excluding carboxylic acids is 1. The Bertz CT molecular complexity index is 684. The minimum Gasteiger partial charge on any atom is -0.477 e. The smallest absolute Gasteiger partial charge is 0.352 e. The summed E-state index contributed by atoms with van der Waals surface area (Å²) in [5, 5.41) is 9.10. The zero-order valence-electron chi connectivity index (χ0n) is 8.98. The molecule has 2 aromatic rings. The van der Waals surface area contributed by atoms with Gasteiger partial charge in [-0.2, -0.15) is 0 Å². The third kappa shape index (κ3) is 1.94. The monoisotopic (exact) mass is 231 g/mol. The number of carboxylic acids is 1. The number of nitrogens with one attached hydrogen (secondary N) is 1. The molecule has 2 rings (SSSR count). The zero-order chi connectivity index (χ0) is 12.6. The van der Waals surface area contributed by atoms with Crippen molar-refractivity contribution < 1.29 is 14.7 Å². The second-order valence-corrected chi connectivity index (χ2v) is 3.67. The fraction of sp³-hybridized carbons (Fsp3) is 0.0833. The second-order valence-electron chi connectivity index (χ2n) is 3.67. The number of rotatable bonds is 2. The summed E-state index contributed by atoms with van der Waals surface area (Å²) >= 11 is 0. The highest BCUT2D eigenvalue weighted by molar-refractivity contribution is 5.98. The van der Waals surface area contributed by atoms with Gasteiger partial charge in [-0.1, -0.05) is 0 Å². The maximum absolute atomic E-state index is 11.7. The summed E-state index contributed by atoms with van der Waals surface area (Å²) in [5.74, 6) is -1.34. The summed E-state index contributed by atoms with van der Waals surface area (Å²) in [4.78, 5) is 36.2. The molecule has 1 aromatic heterocycles. The van der Waals surface area contributed by atoms with E-state index in [0.29, 0.717) is 16.5 Å². The summed E-state index contributed by atoms with van der Waals surface area (Å²) in [7, 11) is 0. The molecule has 0 spiro atoms. The number of benzene rings is 1. The fourth-order valence-electron chi connectivity index (χ4n) is 1.58. The van der Waals surface area contributed by atoms with E-state index in [1.165, 1.54) is 19.1 Å². The van der Waals surface area contributed by atoms with Crippen LogP contribution >= 0.6 is 0 Å². The maximum atomic E-state index is 11.7. The first-order chi connectivity index (χ1) is 7.99. The number of fused-ring (bicyclic) bond motifs is 1. The van der Waals surface area contributed by atoms with Gasteiger partial charge in [0.2, 0.25) is 0 Å². The minimum absolute atomic E-state index is 0.145. The van der Waals surface area contributed by atoms with E-state index >= 15 is 0 Å². The molecule has 2 N–H and O–H groups in total. The predicted molar refractivity (Wildman–Crippen MR) is 61.5 cm³/mol. The van der Waals surface area contributed by atoms with Crippen molar-refractivity contribution in [3.63, 3.8) is 0 Å². The van der Waals surface area contributed by atoms with Crippen LogP contribution < -0.4 is 5.43 Å². The van der Waals surface area contributed by atoms with Gasteiger partial charge in [-0.15, -0.1) is 0 Å². The van der Waals surface area contributed by atoms with Crippen LogP contribution in [-0.4, -0.2) is 21.8 Å². The Labute approximate surface area is 95.7 Å². The zero-order valence-corrected chi connectivity index (χ0v) is 8.98. The molecule has 0 aliphatic heterocycles. The molecule has 1 aromatic carbocycles. The first-order valence-electron chi connectivity index (χ1n) is 4.90. The number of hydrogen-bond acceptors (Lipinski definition) is 3. The van der Waals surface area contributed by atoms with Crippen LogP contribution in [0.4, 0.5) is 0 Å². The minimum atomic E-state index is -1.19. The average molecular weight is 231 g/mol. The van der Waals surface area contributed by atoms with E-state index < -0.39 is 11.4 Å². The Morgan fingerprint density at radius 1 is 1.24 bits per heavy atom. The van der Waals surface area contributed by atoms with E-state index in [1.54, 1.807) is 6.07 Å². The van der Waals surface area contributed by atoms with Gasteiger partial charge < -0.3 is 10.1 Å². The number of ketones is 1. The lowest BCUT2D eigenvalue weighted by Gasteiger charge is -2.02. The van der Waals surface area contributed by atoms with Gasteiger partial charge in [-0.3, -0.25) is 9.59 Å². The Hall–Kier alpha value is -2.43. The molecule has 0 radical (unpaired) electrons. The molecular formula is C12H9NO4. The molecule has 0 saturated heterocycles. The highest BCUT2D eigenvalue weighted by Gasteiger charge is 2.09. The molecule has 0 amide bonds. The molecule has 1 heterocycles. The van der Waals surface area contributed by atoms with Crippen molar-refractivity contribution in [3.05, 3.63) is 45.7 Å². The van der Waals surface area contributed by atoms with Gasteiger partial charge in [0, 0.05) is 22.5 Å². The van der Waals surface area contributed by atoms with Crippen LogP contribution in [0.15, 0.2) is 29.1 Å². The Morgan fingerprint density at radius 3 is 2.53 bits per heavy atom. The molecule has 5 heteroatoms. The van der Waals surface area contributed by atoms with Crippen molar-refractivity contribution in [2.45, 2.75) is 6.92 Å². The van der Waals surface area contributed by atoms with Gasteiger partial charge in [-0.25, -0.2) is 4.79 Å². The van der Waals surface area contributed by atoms with Crippen LogP contribution in [0.1, 0.15) is 27.8 Å². The lowest BCUT2D eigenvalue weighted by molar-refractivity contribution is 0.0690. The largest absolute Gasteiger partial charge is 0.477 e. The van der Waals surface area contributed by atoms with Crippen molar-refractivity contribution in [1.29, 1.82) is 0 Å². The van der Waals surface area contributed by atoms with Crippen LogP contribution in [0.2, 0.25) is 0 Å². The first-order valence-corrected chi connectivity index (χ1v) is 4.90. The van der Waals surface area contributed by atoms with E-state index in [0.717, 1.165) is 6.07 Å². The van der Waals surface area contributed by atoms with Gasteiger partial charge in [0.15, 0.2) is 11.2 Å².